The summed E-state index contributed by atoms with van der Waals surface area (Å²) in [6, 6.07) is 16.8. The molecule has 2 heterocycles. The highest BCUT2D eigenvalue weighted by molar-refractivity contribution is 7.86. The third-order valence-electron chi connectivity index (χ3n) is 3.89. The van der Waals surface area contributed by atoms with Crippen LogP contribution in [0.25, 0.3) is 31.2 Å². The highest BCUT2D eigenvalue weighted by Crippen LogP contribution is 2.38. The number of pyridine rings is 1. The van der Waals surface area contributed by atoms with Gasteiger partial charge < -0.3 is 4.55 Å². The zero-order valence-electron chi connectivity index (χ0n) is 13.6. The molecule has 0 aliphatic rings. The lowest BCUT2D eigenvalue weighted by molar-refractivity contribution is -0.616. The highest BCUT2D eigenvalue weighted by atomic mass is 35.5. The smallest absolute Gasteiger partial charge is 0.485 e. The van der Waals surface area contributed by atoms with Crippen LogP contribution in [0.2, 0.25) is 5.02 Å². The molecule has 2 aromatic heterocycles. The summed E-state index contributed by atoms with van der Waals surface area (Å²) in [6.45, 7) is 0. The van der Waals surface area contributed by atoms with Crippen molar-refractivity contribution in [3.8, 4) is 0 Å². The summed E-state index contributed by atoms with van der Waals surface area (Å²) in [5, 5.41) is 3.26. The van der Waals surface area contributed by atoms with Gasteiger partial charge in [0.05, 0.1) is 15.8 Å². The summed E-state index contributed by atoms with van der Waals surface area (Å²) in [7, 11) is -3.98. The lowest BCUT2D eigenvalue weighted by Crippen LogP contribution is -2.29. The Kier molecular flexibility index (Phi) is 5.06. The summed E-state index contributed by atoms with van der Waals surface area (Å²) < 4.78 is 63.6. The van der Waals surface area contributed by atoms with Crippen LogP contribution in [-0.4, -0.2) is 18.5 Å². The maximum atomic E-state index is 10.7. The average Bonchev–Trinajstić information content (AvgIpc) is 2.98. The Labute approximate surface area is 161 Å². The number of nitrogens with zero attached hydrogens (tertiary/aromatic N) is 1. The van der Waals surface area contributed by atoms with E-state index in [-0.39, 0.29) is 0 Å². The van der Waals surface area contributed by atoms with Crippen molar-refractivity contribution in [2.24, 2.45) is 7.05 Å². The number of alkyl halides is 3. The molecule has 0 aliphatic heterocycles. The van der Waals surface area contributed by atoms with E-state index >= 15 is 0 Å². The van der Waals surface area contributed by atoms with Crippen LogP contribution in [0.5, 0.6) is 0 Å². The normalized spacial score (nSPS) is 12.4. The molecular formula is C17H11ClF3NO3S2. The van der Waals surface area contributed by atoms with Crippen molar-refractivity contribution in [2.75, 3.05) is 0 Å². The number of para-hydroxylation sites is 1. The number of aryl methyl sites for hydroxylation is 1. The second-order valence-electron chi connectivity index (χ2n) is 5.57. The van der Waals surface area contributed by atoms with E-state index in [1.807, 2.05) is 6.07 Å². The fraction of sp³-hybridized carbons (Fsp3) is 0.118. The first-order valence-corrected chi connectivity index (χ1v) is 10.0. The highest BCUT2D eigenvalue weighted by Gasteiger charge is 2.36. The quantitative estimate of drug-likeness (QED) is 0.229. The average molecular weight is 434 g/mol. The van der Waals surface area contributed by atoms with Gasteiger partial charge in [0.15, 0.2) is 10.1 Å². The molecule has 0 spiro atoms. The van der Waals surface area contributed by atoms with E-state index in [4.69, 9.17) is 24.6 Å². The van der Waals surface area contributed by atoms with Crippen molar-refractivity contribution in [3.63, 3.8) is 0 Å². The Morgan fingerprint density at radius 3 is 2.15 bits per heavy atom. The molecule has 0 saturated carbocycles. The van der Waals surface area contributed by atoms with Crippen LogP contribution in [0.3, 0.4) is 0 Å². The van der Waals surface area contributed by atoms with Crippen LogP contribution in [0, 0.1) is 0 Å². The first-order valence-electron chi connectivity index (χ1n) is 7.42. The Hall–Kier alpha value is -1.94. The second-order valence-corrected chi connectivity index (χ2v) is 8.37. The van der Waals surface area contributed by atoms with Gasteiger partial charge in [0.2, 0.25) is 11.0 Å². The third-order valence-corrected chi connectivity index (χ3v) is 6.14. The second kappa shape index (κ2) is 6.90. The molecule has 0 bridgehead atoms. The lowest BCUT2D eigenvalue weighted by atomic mass is 10.1. The molecule has 0 radical (unpaired) electrons. The van der Waals surface area contributed by atoms with Crippen LogP contribution in [-0.2, 0) is 17.2 Å². The predicted octanol–water partition coefficient (Wildman–Crippen LogP) is 4.74. The number of fused-ring (bicyclic) bond motifs is 4. The Morgan fingerprint density at radius 1 is 1.04 bits per heavy atom. The molecule has 0 saturated heterocycles. The minimum Gasteiger partial charge on any atom is -0.741 e. The fourth-order valence-corrected chi connectivity index (χ4v) is 4.26. The van der Waals surface area contributed by atoms with E-state index in [2.05, 4.69) is 54.1 Å². The predicted molar refractivity (Wildman–Crippen MR) is 98.8 cm³/mol. The fourth-order valence-electron chi connectivity index (χ4n) is 2.71. The number of halogens is 4. The van der Waals surface area contributed by atoms with Gasteiger partial charge in [0.25, 0.3) is 0 Å². The molecule has 0 unspecified atom stereocenters. The van der Waals surface area contributed by atoms with Crippen molar-refractivity contribution in [1.82, 2.24) is 0 Å². The molecule has 0 N–H and O–H groups in total. The first kappa shape index (κ1) is 19.8. The van der Waals surface area contributed by atoms with Gasteiger partial charge in [-0.15, -0.1) is 11.3 Å². The maximum absolute atomic E-state index is 10.7. The van der Waals surface area contributed by atoms with E-state index in [0.29, 0.717) is 0 Å². The van der Waals surface area contributed by atoms with Gasteiger partial charge in [-0.2, -0.15) is 17.7 Å². The van der Waals surface area contributed by atoms with Gasteiger partial charge in [-0.25, -0.2) is 8.42 Å². The van der Waals surface area contributed by atoms with Crippen LogP contribution in [0.15, 0.2) is 48.5 Å². The van der Waals surface area contributed by atoms with Crippen LogP contribution in [0.4, 0.5) is 13.2 Å². The molecule has 4 rings (SSSR count). The van der Waals surface area contributed by atoms with Crippen LogP contribution >= 0.6 is 22.9 Å². The number of hydrogen-bond donors (Lipinski definition) is 0. The van der Waals surface area contributed by atoms with E-state index < -0.39 is 15.6 Å². The number of aromatic nitrogens is 1. The number of hydrogen-bond acceptors (Lipinski definition) is 4. The largest absolute Gasteiger partial charge is 0.741 e. The molecule has 0 aliphatic carbocycles. The van der Waals surface area contributed by atoms with E-state index in [0.717, 1.165) is 10.4 Å². The molecule has 27 heavy (non-hydrogen) atoms. The zero-order valence-corrected chi connectivity index (χ0v) is 16.0. The number of thiophene rings is 1. The topological polar surface area (TPSA) is 61.1 Å². The Balaban J connectivity index is 0.000000226. The number of rotatable bonds is 0. The summed E-state index contributed by atoms with van der Waals surface area (Å²) in [5.41, 5.74) is -3.25. The van der Waals surface area contributed by atoms with Crippen LogP contribution in [0.1, 0.15) is 0 Å². The summed E-state index contributed by atoms with van der Waals surface area (Å²) in [6.07, 6.45) is 0. The summed E-state index contributed by atoms with van der Waals surface area (Å²) >= 11 is 8.38. The van der Waals surface area contributed by atoms with Crippen molar-refractivity contribution in [1.29, 1.82) is 0 Å². The lowest BCUT2D eigenvalue weighted by Gasteiger charge is -2.08. The van der Waals surface area contributed by atoms with E-state index in [1.54, 1.807) is 11.3 Å². The van der Waals surface area contributed by atoms with Gasteiger partial charge in [-0.3, -0.25) is 0 Å². The number of benzene rings is 2. The molecule has 0 fully saturated rings. The zero-order chi connectivity index (χ0) is 20.0. The molecule has 2 aromatic carbocycles. The van der Waals surface area contributed by atoms with E-state index in [1.165, 1.54) is 25.8 Å². The third kappa shape index (κ3) is 3.60. The minimum absolute atomic E-state index is 0.866. The molecule has 0 atom stereocenters. The van der Waals surface area contributed by atoms with Gasteiger partial charge in [0.1, 0.15) is 11.7 Å². The molecular weight excluding hydrogens is 423 g/mol. The molecule has 4 aromatic rings. The van der Waals surface area contributed by atoms with Gasteiger partial charge in [-0.1, -0.05) is 35.9 Å². The standard InChI is InChI=1S/C16H11ClNS.CHF3O3S/c1-18-12-8-4-2-6-10(12)14(17)16-15(18)11-7-3-5-9-13(11)19-16;2-1(3,4)8(5,6)7/h2-9H,1H3;(H,5,6,7)/q+1;/p-1. The molecule has 10 heteroatoms. The monoisotopic (exact) mass is 433 g/mol. The van der Waals surface area contributed by atoms with Crippen molar-refractivity contribution < 1.29 is 30.7 Å². The van der Waals surface area contributed by atoms with Gasteiger partial charge >= 0.3 is 5.51 Å². The van der Waals surface area contributed by atoms with Crippen molar-refractivity contribution in [3.05, 3.63) is 53.6 Å². The first-order chi connectivity index (χ1) is 12.5. The van der Waals surface area contributed by atoms with Crippen molar-refractivity contribution in [2.45, 2.75) is 5.51 Å². The van der Waals surface area contributed by atoms with Crippen molar-refractivity contribution >= 4 is 64.3 Å². The maximum Gasteiger partial charge on any atom is 0.485 e. The molecule has 4 nitrogen and oxygen atoms in total. The van der Waals surface area contributed by atoms with Crippen LogP contribution < -0.4 is 4.57 Å². The summed E-state index contributed by atoms with van der Waals surface area (Å²) in [5.74, 6) is 0. The minimum atomic E-state index is -6.09. The Morgan fingerprint density at radius 2 is 1.56 bits per heavy atom. The molecule has 0 amide bonds. The Bertz CT molecular complexity index is 1270. The summed E-state index contributed by atoms with van der Waals surface area (Å²) in [4.78, 5) is 0. The van der Waals surface area contributed by atoms with Gasteiger partial charge in [0, 0.05) is 10.8 Å². The van der Waals surface area contributed by atoms with E-state index in [9.17, 15) is 13.2 Å². The van der Waals surface area contributed by atoms with Gasteiger partial charge in [-0.05, 0) is 18.2 Å². The molecule has 142 valence electrons. The SMILES string of the molecule is C[n+]1c2ccccc2c(Cl)c2sc3ccccc3c21.O=S(=O)([O-])C(F)(F)F.